The molecule has 0 bridgehead atoms. The standard InChI is InChI=1S/C24H16N8O4S/c1-14(26-24-30-29-23(37-24)16-4-8-18(9-5-16)31(33)34)15-2-6-17(7-3-15)27-28-22-13-25-21-11-10-19(32(35)36)12-20(21)22/h2-13,25H,1H3/b26-14-,28-27?. The van der Waals surface area contributed by atoms with Crippen LogP contribution in [-0.4, -0.2) is 30.7 Å². The van der Waals surface area contributed by atoms with Crippen LogP contribution in [-0.2, 0) is 0 Å². The predicted molar refractivity (Wildman–Crippen MR) is 139 cm³/mol. The van der Waals surface area contributed by atoms with Gasteiger partial charge in [-0.05, 0) is 42.8 Å². The minimum atomic E-state index is -0.453. The second kappa shape index (κ2) is 9.83. The number of hydrogen-bond acceptors (Lipinski definition) is 10. The molecule has 5 aromatic rings. The van der Waals surface area contributed by atoms with Crippen molar-refractivity contribution in [2.75, 3.05) is 0 Å². The van der Waals surface area contributed by atoms with Gasteiger partial charge >= 0.3 is 0 Å². The van der Waals surface area contributed by atoms with E-state index in [-0.39, 0.29) is 11.4 Å². The number of nitro groups is 2. The molecule has 0 aliphatic heterocycles. The molecule has 1 N–H and O–H groups in total. The number of non-ortho nitro benzene ring substituents is 2. The van der Waals surface area contributed by atoms with E-state index >= 15 is 0 Å². The SMILES string of the molecule is C/C(=N/c1nnc(-c2ccc([N+](=O)[O-])cc2)s1)c1ccc(N=Nc2c[nH]c3ccc([N+](=O)[O-])cc23)cc1. The van der Waals surface area contributed by atoms with Gasteiger partial charge < -0.3 is 4.98 Å². The maximum Gasteiger partial charge on any atom is 0.270 e. The number of aromatic amines is 1. The van der Waals surface area contributed by atoms with E-state index in [1.165, 1.54) is 35.6 Å². The van der Waals surface area contributed by atoms with Gasteiger partial charge in [-0.25, -0.2) is 4.99 Å². The van der Waals surface area contributed by atoms with Crippen molar-refractivity contribution >= 4 is 55.8 Å². The number of H-pyrrole nitrogens is 1. The minimum Gasteiger partial charge on any atom is -0.359 e. The van der Waals surface area contributed by atoms with Gasteiger partial charge in [-0.2, -0.15) is 5.11 Å². The van der Waals surface area contributed by atoms with Crippen LogP contribution in [0, 0.1) is 20.2 Å². The van der Waals surface area contributed by atoms with Gasteiger partial charge in [0.2, 0.25) is 5.13 Å². The van der Waals surface area contributed by atoms with Gasteiger partial charge in [0.15, 0.2) is 0 Å². The molecule has 0 amide bonds. The van der Waals surface area contributed by atoms with Gasteiger partial charge in [-0.1, -0.05) is 23.5 Å². The van der Waals surface area contributed by atoms with Crippen molar-refractivity contribution in [3.8, 4) is 10.6 Å². The van der Waals surface area contributed by atoms with Gasteiger partial charge in [-0.3, -0.25) is 20.2 Å². The third-order valence-electron chi connectivity index (χ3n) is 5.42. The fraction of sp³-hybridized carbons (Fsp3) is 0.0417. The molecular formula is C24H16N8O4S. The number of rotatable bonds is 7. The highest BCUT2D eigenvalue weighted by Crippen LogP contribution is 2.31. The first-order valence-electron chi connectivity index (χ1n) is 10.8. The molecule has 5 rings (SSSR count). The summed E-state index contributed by atoms with van der Waals surface area (Å²) in [5.41, 5.74) is 4.13. The van der Waals surface area contributed by atoms with E-state index in [0.717, 1.165) is 22.4 Å². The average Bonchev–Trinajstić information content (AvgIpc) is 3.54. The second-order valence-electron chi connectivity index (χ2n) is 7.80. The molecule has 2 heterocycles. The molecule has 0 unspecified atom stereocenters. The molecule has 3 aromatic carbocycles. The zero-order chi connectivity index (χ0) is 25.9. The van der Waals surface area contributed by atoms with Crippen molar-refractivity contribution in [2.24, 2.45) is 15.2 Å². The number of nitrogens with zero attached hydrogens (tertiary/aromatic N) is 7. The van der Waals surface area contributed by atoms with Crippen LogP contribution in [0.1, 0.15) is 12.5 Å². The Hall–Kier alpha value is -5.17. The summed E-state index contributed by atoms with van der Waals surface area (Å²) in [6.45, 7) is 1.85. The minimum absolute atomic E-state index is 0.00996. The van der Waals surface area contributed by atoms with E-state index in [2.05, 4.69) is 30.4 Å². The number of benzene rings is 3. The molecule has 13 heteroatoms. The Morgan fingerprint density at radius 2 is 1.59 bits per heavy atom. The summed E-state index contributed by atoms with van der Waals surface area (Å²) in [7, 11) is 0. The summed E-state index contributed by atoms with van der Waals surface area (Å²) in [4.78, 5) is 28.5. The van der Waals surface area contributed by atoms with Crippen molar-refractivity contribution in [1.82, 2.24) is 15.2 Å². The number of aliphatic imine (C=N–C) groups is 1. The number of fused-ring (bicyclic) bond motifs is 1. The van der Waals surface area contributed by atoms with Crippen molar-refractivity contribution in [2.45, 2.75) is 6.92 Å². The lowest BCUT2D eigenvalue weighted by atomic mass is 10.1. The Morgan fingerprint density at radius 3 is 2.30 bits per heavy atom. The monoisotopic (exact) mass is 512 g/mol. The molecular weight excluding hydrogens is 496 g/mol. The Kier molecular flexibility index (Phi) is 6.26. The van der Waals surface area contributed by atoms with Crippen LogP contribution in [0.3, 0.4) is 0 Å². The van der Waals surface area contributed by atoms with E-state index in [0.29, 0.717) is 26.9 Å². The Bertz CT molecular complexity index is 1690. The summed E-state index contributed by atoms with van der Waals surface area (Å²) in [6, 6.07) is 17.9. The second-order valence-corrected chi connectivity index (χ2v) is 8.75. The van der Waals surface area contributed by atoms with Crippen LogP contribution in [0.15, 0.2) is 88.1 Å². The lowest BCUT2D eigenvalue weighted by molar-refractivity contribution is -0.385. The van der Waals surface area contributed by atoms with Gasteiger partial charge in [0.25, 0.3) is 11.4 Å². The zero-order valence-electron chi connectivity index (χ0n) is 19.1. The first kappa shape index (κ1) is 23.6. The maximum absolute atomic E-state index is 11.1. The Labute approximate surface area is 212 Å². The molecule has 2 aromatic heterocycles. The van der Waals surface area contributed by atoms with Crippen molar-refractivity contribution in [3.63, 3.8) is 0 Å². The Balaban J connectivity index is 1.30. The fourth-order valence-electron chi connectivity index (χ4n) is 3.48. The Morgan fingerprint density at radius 1 is 0.892 bits per heavy atom. The third kappa shape index (κ3) is 5.11. The molecule has 0 saturated carbocycles. The molecule has 0 fully saturated rings. The van der Waals surface area contributed by atoms with Crippen LogP contribution >= 0.6 is 11.3 Å². The van der Waals surface area contributed by atoms with Crippen LogP contribution < -0.4 is 0 Å². The molecule has 0 saturated heterocycles. The molecule has 12 nitrogen and oxygen atoms in total. The zero-order valence-corrected chi connectivity index (χ0v) is 19.9. The quantitative estimate of drug-likeness (QED) is 0.106. The maximum atomic E-state index is 11.1. The van der Waals surface area contributed by atoms with E-state index in [4.69, 9.17) is 0 Å². The number of hydrogen-bond donors (Lipinski definition) is 1. The third-order valence-corrected chi connectivity index (χ3v) is 6.28. The number of nitrogens with one attached hydrogen (secondary N) is 1. The fourth-order valence-corrected chi connectivity index (χ4v) is 4.25. The molecule has 37 heavy (non-hydrogen) atoms. The van der Waals surface area contributed by atoms with Crippen LogP contribution in [0.5, 0.6) is 0 Å². The number of azo groups is 1. The van der Waals surface area contributed by atoms with E-state index in [1.54, 1.807) is 36.5 Å². The molecule has 0 atom stereocenters. The highest BCUT2D eigenvalue weighted by Gasteiger charge is 2.11. The van der Waals surface area contributed by atoms with Crippen molar-refractivity contribution < 1.29 is 9.85 Å². The van der Waals surface area contributed by atoms with Gasteiger partial charge in [-0.15, -0.1) is 15.3 Å². The van der Waals surface area contributed by atoms with Crippen molar-refractivity contribution in [1.29, 1.82) is 0 Å². The topological polar surface area (TPSA) is 165 Å². The first-order valence-corrected chi connectivity index (χ1v) is 11.6. The summed E-state index contributed by atoms with van der Waals surface area (Å²) < 4.78 is 0. The average molecular weight is 513 g/mol. The van der Waals surface area contributed by atoms with E-state index < -0.39 is 9.85 Å². The first-order chi connectivity index (χ1) is 17.9. The number of aromatic nitrogens is 3. The summed E-state index contributed by atoms with van der Waals surface area (Å²) >= 11 is 1.28. The van der Waals surface area contributed by atoms with E-state index in [1.807, 2.05) is 19.1 Å². The van der Waals surface area contributed by atoms with Crippen LogP contribution in [0.2, 0.25) is 0 Å². The number of nitro benzene ring substituents is 2. The highest BCUT2D eigenvalue weighted by molar-refractivity contribution is 7.18. The van der Waals surface area contributed by atoms with Gasteiger partial charge in [0.1, 0.15) is 10.7 Å². The summed E-state index contributed by atoms with van der Waals surface area (Å²) in [5.74, 6) is 0. The lowest BCUT2D eigenvalue weighted by Gasteiger charge is -2.00. The molecule has 182 valence electrons. The van der Waals surface area contributed by atoms with Gasteiger partial charge in [0.05, 0.1) is 15.5 Å². The molecule has 0 aliphatic rings. The summed E-state index contributed by atoms with van der Waals surface area (Å²) in [5, 5.41) is 40.3. The molecule has 0 aliphatic carbocycles. The van der Waals surface area contributed by atoms with E-state index in [9.17, 15) is 20.2 Å². The largest absolute Gasteiger partial charge is 0.359 e. The van der Waals surface area contributed by atoms with Crippen LogP contribution in [0.25, 0.3) is 21.5 Å². The highest BCUT2D eigenvalue weighted by atomic mass is 32.1. The molecule has 0 spiro atoms. The molecule has 0 radical (unpaired) electrons. The predicted octanol–water partition coefficient (Wildman–Crippen LogP) is 7.06. The normalized spacial score (nSPS) is 11.9. The van der Waals surface area contributed by atoms with Gasteiger partial charge in [0, 0.05) is 52.6 Å². The van der Waals surface area contributed by atoms with Crippen LogP contribution in [0.4, 0.5) is 27.9 Å². The lowest BCUT2D eigenvalue weighted by Crippen LogP contribution is -1.92. The summed E-state index contributed by atoms with van der Waals surface area (Å²) in [6.07, 6.45) is 1.65. The smallest absolute Gasteiger partial charge is 0.270 e. The van der Waals surface area contributed by atoms with Crippen molar-refractivity contribution in [3.05, 3.63) is 98.7 Å².